The van der Waals surface area contributed by atoms with Crippen molar-refractivity contribution < 1.29 is 19.6 Å². The fourth-order valence-corrected chi connectivity index (χ4v) is 1.60. The van der Waals surface area contributed by atoms with Gasteiger partial charge in [0, 0.05) is 6.07 Å². The first-order valence-electron chi connectivity index (χ1n) is 5.19. The van der Waals surface area contributed by atoms with Gasteiger partial charge in [0.15, 0.2) is 0 Å². The summed E-state index contributed by atoms with van der Waals surface area (Å²) in [7, 11) is 0. The summed E-state index contributed by atoms with van der Waals surface area (Å²) < 4.78 is 6.14. The van der Waals surface area contributed by atoms with Crippen LogP contribution < -0.4 is 0 Å². The second-order valence-electron chi connectivity index (χ2n) is 3.58. The van der Waals surface area contributed by atoms with Crippen molar-refractivity contribution in [2.75, 3.05) is 6.61 Å². The summed E-state index contributed by atoms with van der Waals surface area (Å²) in [4.78, 5) is 21.6. The van der Waals surface area contributed by atoms with Crippen molar-refractivity contribution in [3.8, 4) is 5.75 Å². The van der Waals surface area contributed by atoms with Crippen LogP contribution in [0.25, 0.3) is 5.52 Å². The van der Waals surface area contributed by atoms with Crippen molar-refractivity contribution in [2.45, 2.75) is 6.92 Å². The van der Waals surface area contributed by atoms with Gasteiger partial charge in [-0.2, -0.15) is 0 Å². The monoisotopic (exact) mass is 250 g/mol. The molecule has 94 valence electrons. The van der Waals surface area contributed by atoms with Crippen LogP contribution in [0.15, 0.2) is 24.5 Å². The molecular weight excluding hydrogens is 240 g/mol. The molecule has 0 aromatic carbocycles. The maximum absolute atomic E-state index is 11.5. The first-order chi connectivity index (χ1) is 8.52. The van der Waals surface area contributed by atoms with Crippen LogP contribution in [0.4, 0.5) is 5.69 Å². The number of carbonyl (C=O) groups is 1. The predicted molar refractivity (Wildman–Crippen MR) is 61.7 cm³/mol. The van der Waals surface area contributed by atoms with E-state index in [-0.39, 0.29) is 23.6 Å². The highest BCUT2D eigenvalue weighted by Crippen LogP contribution is 2.24. The lowest BCUT2D eigenvalue weighted by molar-refractivity contribution is -0.384. The van der Waals surface area contributed by atoms with Gasteiger partial charge in [-0.1, -0.05) is 0 Å². The predicted octanol–water partition coefficient (Wildman–Crippen LogP) is 1.73. The van der Waals surface area contributed by atoms with E-state index in [2.05, 4.69) is 0 Å². The zero-order chi connectivity index (χ0) is 13.3. The van der Waals surface area contributed by atoms with Gasteiger partial charge in [-0.3, -0.25) is 10.1 Å². The average Bonchev–Trinajstić information content (AvgIpc) is 2.71. The van der Waals surface area contributed by atoms with E-state index in [9.17, 15) is 20.0 Å². The fourth-order valence-electron chi connectivity index (χ4n) is 1.60. The van der Waals surface area contributed by atoms with E-state index in [0.717, 1.165) is 0 Å². The molecule has 7 nitrogen and oxygen atoms in total. The quantitative estimate of drug-likeness (QED) is 0.508. The lowest BCUT2D eigenvalue weighted by Crippen LogP contribution is -2.05. The number of nitrogens with zero attached hydrogens (tertiary/aromatic N) is 2. The highest BCUT2D eigenvalue weighted by molar-refractivity contribution is 5.93. The van der Waals surface area contributed by atoms with Crippen LogP contribution in [0, 0.1) is 10.1 Å². The number of pyridine rings is 1. The summed E-state index contributed by atoms with van der Waals surface area (Å²) in [6, 6.07) is 2.66. The Hall–Kier alpha value is -2.57. The van der Waals surface area contributed by atoms with Gasteiger partial charge in [0.2, 0.25) is 0 Å². The van der Waals surface area contributed by atoms with E-state index in [1.54, 1.807) is 6.92 Å². The Morgan fingerprint density at radius 3 is 2.83 bits per heavy atom. The molecule has 1 N–H and O–H groups in total. The first kappa shape index (κ1) is 11.9. The molecule has 0 saturated carbocycles. The Bertz CT molecular complexity index is 632. The summed E-state index contributed by atoms with van der Waals surface area (Å²) in [6.07, 6.45) is 2.48. The minimum Gasteiger partial charge on any atom is -0.505 e. The maximum Gasteiger partial charge on any atom is 0.342 e. The summed E-state index contributed by atoms with van der Waals surface area (Å²) in [6.45, 7) is 1.83. The van der Waals surface area contributed by atoms with Crippen LogP contribution in [-0.4, -0.2) is 27.0 Å². The van der Waals surface area contributed by atoms with E-state index >= 15 is 0 Å². The Morgan fingerprint density at radius 1 is 1.50 bits per heavy atom. The number of fused-ring (bicyclic) bond motifs is 1. The molecule has 0 unspecified atom stereocenters. The highest BCUT2D eigenvalue weighted by Gasteiger charge is 2.16. The Balaban J connectivity index is 2.53. The summed E-state index contributed by atoms with van der Waals surface area (Å²) in [5.74, 6) is -0.951. The van der Waals surface area contributed by atoms with Gasteiger partial charge < -0.3 is 14.2 Å². The van der Waals surface area contributed by atoms with Crippen LogP contribution in [0.5, 0.6) is 5.75 Å². The number of aromatic nitrogens is 1. The molecule has 18 heavy (non-hydrogen) atoms. The Labute approximate surface area is 101 Å². The highest BCUT2D eigenvalue weighted by atomic mass is 16.6. The molecule has 2 aromatic rings. The zero-order valence-electron chi connectivity index (χ0n) is 9.49. The van der Waals surface area contributed by atoms with Crippen molar-refractivity contribution in [1.29, 1.82) is 0 Å². The van der Waals surface area contributed by atoms with Crippen molar-refractivity contribution in [3.63, 3.8) is 0 Å². The second kappa shape index (κ2) is 4.36. The van der Waals surface area contributed by atoms with Crippen molar-refractivity contribution in [1.82, 2.24) is 4.40 Å². The molecular formula is C11H10N2O5. The minimum atomic E-state index is -0.665. The van der Waals surface area contributed by atoms with E-state index < -0.39 is 10.9 Å². The standard InChI is InChI=1S/C11H10N2O5/c1-2-18-11(15)9-4-7-3-8(13(16)17)5-12(7)6-10(9)14/h3-6,14H,2H2,1H3. The molecule has 0 spiro atoms. The average molecular weight is 250 g/mol. The summed E-state index contributed by atoms with van der Waals surface area (Å²) >= 11 is 0. The third-order valence-corrected chi connectivity index (χ3v) is 2.40. The molecule has 7 heteroatoms. The summed E-state index contributed by atoms with van der Waals surface area (Å²) in [5, 5.41) is 20.3. The van der Waals surface area contributed by atoms with Crippen LogP contribution in [0.1, 0.15) is 17.3 Å². The molecule has 0 aliphatic carbocycles. The zero-order valence-corrected chi connectivity index (χ0v) is 9.49. The van der Waals surface area contributed by atoms with Crippen molar-refractivity contribution >= 4 is 17.2 Å². The fraction of sp³-hybridized carbons (Fsp3) is 0.182. The van der Waals surface area contributed by atoms with Gasteiger partial charge in [0.05, 0.1) is 29.4 Å². The Kier molecular flexibility index (Phi) is 2.88. The molecule has 0 fully saturated rings. The molecule has 2 aromatic heterocycles. The lowest BCUT2D eigenvalue weighted by atomic mass is 10.2. The molecule has 0 aliphatic rings. The number of hydrogen-bond acceptors (Lipinski definition) is 5. The van der Waals surface area contributed by atoms with E-state index in [1.165, 1.54) is 28.9 Å². The van der Waals surface area contributed by atoms with Gasteiger partial charge in [0.1, 0.15) is 11.3 Å². The first-order valence-corrected chi connectivity index (χ1v) is 5.19. The van der Waals surface area contributed by atoms with Gasteiger partial charge in [-0.25, -0.2) is 4.79 Å². The van der Waals surface area contributed by atoms with E-state index in [1.807, 2.05) is 0 Å². The number of rotatable bonds is 3. The van der Waals surface area contributed by atoms with Gasteiger partial charge >= 0.3 is 5.97 Å². The van der Waals surface area contributed by atoms with Crippen LogP contribution in [-0.2, 0) is 4.74 Å². The molecule has 2 heterocycles. The SMILES string of the molecule is CCOC(=O)c1cc2cc([N+](=O)[O-])cn2cc1O. The van der Waals surface area contributed by atoms with E-state index in [4.69, 9.17) is 4.74 Å². The van der Waals surface area contributed by atoms with Gasteiger partial charge in [-0.15, -0.1) is 0 Å². The minimum absolute atomic E-state index is 0.0163. The second-order valence-corrected chi connectivity index (χ2v) is 3.58. The van der Waals surface area contributed by atoms with Crippen molar-refractivity contribution in [3.05, 3.63) is 40.2 Å². The molecule has 2 rings (SSSR count). The number of aromatic hydroxyl groups is 1. The third-order valence-electron chi connectivity index (χ3n) is 2.40. The molecule has 0 bridgehead atoms. The van der Waals surface area contributed by atoms with Crippen LogP contribution >= 0.6 is 0 Å². The molecule has 0 amide bonds. The third kappa shape index (κ3) is 1.97. The van der Waals surface area contributed by atoms with E-state index in [0.29, 0.717) is 5.52 Å². The number of ether oxygens (including phenoxy) is 1. The van der Waals surface area contributed by atoms with Crippen LogP contribution in [0.3, 0.4) is 0 Å². The number of hydrogen-bond donors (Lipinski definition) is 1. The molecule has 0 atom stereocenters. The summed E-state index contributed by atoms with van der Waals surface area (Å²) in [5.41, 5.74) is 0.301. The molecule has 0 radical (unpaired) electrons. The molecule has 0 saturated heterocycles. The number of carbonyl (C=O) groups excluding carboxylic acids is 1. The topological polar surface area (TPSA) is 94.1 Å². The number of nitro groups is 1. The normalized spacial score (nSPS) is 10.5. The lowest BCUT2D eigenvalue weighted by Gasteiger charge is -2.04. The molecule has 0 aliphatic heterocycles. The van der Waals surface area contributed by atoms with Crippen LogP contribution in [0.2, 0.25) is 0 Å². The van der Waals surface area contributed by atoms with Gasteiger partial charge in [-0.05, 0) is 13.0 Å². The largest absolute Gasteiger partial charge is 0.505 e. The van der Waals surface area contributed by atoms with Crippen molar-refractivity contribution in [2.24, 2.45) is 0 Å². The van der Waals surface area contributed by atoms with Gasteiger partial charge in [0.25, 0.3) is 5.69 Å². The maximum atomic E-state index is 11.5. The smallest absolute Gasteiger partial charge is 0.342 e. The number of esters is 1. The Morgan fingerprint density at radius 2 is 2.22 bits per heavy atom.